The third-order valence-electron chi connectivity index (χ3n) is 3.35. The van der Waals surface area contributed by atoms with Gasteiger partial charge in [0.2, 0.25) is 0 Å². The van der Waals surface area contributed by atoms with E-state index in [-0.39, 0.29) is 11.9 Å². The Hall–Kier alpha value is -2.13. The maximum absolute atomic E-state index is 12.5. The quantitative estimate of drug-likeness (QED) is 0.823. The Morgan fingerprint density at radius 1 is 1.00 bits per heavy atom. The van der Waals surface area contributed by atoms with Gasteiger partial charge >= 0.3 is 0 Å². The van der Waals surface area contributed by atoms with E-state index >= 15 is 0 Å². The third kappa shape index (κ3) is 2.37. The van der Waals surface area contributed by atoms with Crippen molar-refractivity contribution in [2.75, 3.05) is 13.3 Å². The Labute approximate surface area is 112 Å². The number of nitrogens with zero attached hydrogens (tertiary/aromatic N) is 1. The zero-order chi connectivity index (χ0) is 13.1. The van der Waals surface area contributed by atoms with Crippen molar-refractivity contribution in [1.82, 2.24) is 4.90 Å². The van der Waals surface area contributed by atoms with E-state index < -0.39 is 0 Å². The number of hydrogen-bond acceptors (Lipinski definition) is 2. The van der Waals surface area contributed by atoms with E-state index in [1.165, 1.54) is 0 Å². The molecule has 1 unspecified atom stereocenters. The van der Waals surface area contributed by atoms with Crippen LogP contribution in [-0.4, -0.2) is 24.1 Å². The summed E-state index contributed by atoms with van der Waals surface area (Å²) in [6.07, 6.45) is 0. The van der Waals surface area contributed by atoms with Crippen molar-refractivity contribution in [3.63, 3.8) is 0 Å². The maximum atomic E-state index is 12.5. The fraction of sp³-hybridized carbons (Fsp3) is 0.188. The molecule has 96 valence electrons. The highest BCUT2D eigenvalue weighted by Crippen LogP contribution is 2.27. The van der Waals surface area contributed by atoms with E-state index in [1.54, 1.807) is 4.90 Å². The molecule has 1 aliphatic heterocycles. The van der Waals surface area contributed by atoms with Crippen molar-refractivity contribution >= 4 is 5.91 Å². The van der Waals surface area contributed by atoms with E-state index in [0.29, 0.717) is 18.9 Å². The van der Waals surface area contributed by atoms with Gasteiger partial charge in [0.05, 0.1) is 12.6 Å². The molecule has 3 nitrogen and oxygen atoms in total. The lowest BCUT2D eigenvalue weighted by Crippen LogP contribution is -2.31. The summed E-state index contributed by atoms with van der Waals surface area (Å²) in [5, 5.41) is 0. The van der Waals surface area contributed by atoms with Crippen LogP contribution >= 0.6 is 0 Å². The van der Waals surface area contributed by atoms with Gasteiger partial charge in [0.15, 0.2) is 0 Å². The second-order valence-electron chi connectivity index (χ2n) is 4.57. The summed E-state index contributed by atoms with van der Waals surface area (Å²) in [7, 11) is 0. The number of ether oxygens (including phenoxy) is 1. The molecule has 0 N–H and O–H groups in total. The van der Waals surface area contributed by atoms with Gasteiger partial charge in [-0.15, -0.1) is 0 Å². The molecule has 1 amide bonds. The number of amides is 1. The number of rotatable bonds is 2. The fourth-order valence-electron chi connectivity index (χ4n) is 2.34. The number of benzene rings is 2. The zero-order valence-corrected chi connectivity index (χ0v) is 10.5. The van der Waals surface area contributed by atoms with Crippen molar-refractivity contribution in [3.05, 3.63) is 71.8 Å². The van der Waals surface area contributed by atoms with E-state index in [1.807, 2.05) is 60.7 Å². The van der Waals surface area contributed by atoms with Gasteiger partial charge in [0.1, 0.15) is 6.73 Å². The molecule has 3 rings (SSSR count). The first-order valence-corrected chi connectivity index (χ1v) is 6.35. The molecular formula is C16H15NO2. The monoisotopic (exact) mass is 253 g/mol. The van der Waals surface area contributed by atoms with Crippen LogP contribution in [0.15, 0.2) is 60.7 Å². The highest BCUT2D eigenvalue weighted by Gasteiger charge is 2.31. The first kappa shape index (κ1) is 11.9. The minimum absolute atomic E-state index is 0.00825. The molecule has 0 aliphatic carbocycles. The lowest BCUT2D eigenvalue weighted by Gasteiger charge is -2.22. The molecule has 1 fully saturated rings. The van der Waals surface area contributed by atoms with Crippen LogP contribution in [0.25, 0.3) is 0 Å². The highest BCUT2D eigenvalue weighted by molar-refractivity contribution is 5.94. The van der Waals surface area contributed by atoms with E-state index in [9.17, 15) is 4.79 Å². The summed E-state index contributed by atoms with van der Waals surface area (Å²) in [6.45, 7) is 0.913. The molecule has 1 heterocycles. The number of hydrogen-bond donors (Lipinski definition) is 0. The van der Waals surface area contributed by atoms with Crippen LogP contribution in [0.4, 0.5) is 0 Å². The first-order valence-electron chi connectivity index (χ1n) is 6.35. The summed E-state index contributed by atoms with van der Waals surface area (Å²) in [6, 6.07) is 19.4. The molecule has 3 heteroatoms. The lowest BCUT2D eigenvalue weighted by molar-refractivity contribution is 0.0659. The largest absolute Gasteiger partial charge is 0.359 e. The van der Waals surface area contributed by atoms with Crippen molar-refractivity contribution in [1.29, 1.82) is 0 Å². The zero-order valence-electron chi connectivity index (χ0n) is 10.5. The van der Waals surface area contributed by atoms with Gasteiger partial charge in [-0.25, -0.2) is 0 Å². The predicted molar refractivity (Wildman–Crippen MR) is 72.6 cm³/mol. The Morgan fingerprint density at radius 3 is 2.32 bits per heavy atom. The van der Waals surface area contributed by atoms with Gasteiger partial charge in [-0.05, 0) is 17.7 Å². The van der Waals surface area contributed by atoms with Crippen LogP contribution in [0, 0.1) is 0 Å². The minimum Gasteiger partial charge on any atom is -0.359 e. The minimum atomic E-state index is 0.00825. The average molecular weight is 253 g/mol. The Morgan fingerprint density at radius 2 is 1.63 bits per heavy atom. The van der Waals surface area contributed by atoms with Gasteiger partial charge in [0.25, 0.3) is 5.91 Å². The smallest absolute Gasteiger partial charge is 0.256 e. The van der Waals surface area contributed by atoms with Crippen molar-refractivity contribution in [2.24, 2.45) is 0 Å². The molecule has 0 saturated carbocycles. The second-order valence-corrected chi connectivity index (χ2v) is 4.57. The van der Waals surface area contributed by atoms with Gasteiger partial charge in [-0.1, -0.05) is 48.5 Å². The van der Waals surface area contributed by atoms with E-state index in [2.05, 4.69) is 0 Å². The molecule has 2 aromatic rings. The average Bonchev–Trinajstić information content (AvgIpc) is 2.98. The topological polar surface area (TPSA) is 29.5 Å². The molecule has 0 bridgehead atoms. The molecule has 0 spiro atoms. The van der Waals surface area contributed by atoms with Crippen LogP contribution < -0.4 is 0 Å². The summed E-state index contributed by atoms with van der Waals surface area (Å²) in [4.78, 5) is 14.3. The van der Waals surface area contributed by atoms with Crippen molar-refractivity contribution in [2.45, 2.75) is 6.04 Å². The molecule has 0 aromatic heterocycles. The van der Waals surface area contributed by atoms with Crippen LogP contribution in [0.3, 0.4) is 0 Å². The van der Waals surface area contributed by atoms with Crippen LogP contribution in [0.1, 0.15) is 22.0 Å². The van der Waals surface area contributed by atoms with Crippen molar-refractivity contribution in [3.8, 4) is 0 Å². The maximum Gasteiger partial charge on any atom is 0.256 e. The molecule has 1 saturated heterocycles. The van der Waals surface area contributed by atoms with Crippen molar-refractivity contribution < 1.29 is 9.53 Å². The summed E-state index contributed by atoms with van der Waals surface area (Å²) < 4.78 is 5.47. The SMILES string of the molecule is O=C(c1ccccc1)N1COCC1c1ccccc1. The fourth-order valence-corrected chi connectivity index (χ4v) is 2.34. The number of carbonyl (C=O) groups is 1. The predicted octanol–water partition coefficient (Wildman–Crippen LogP) is 2.86. The Bertz CT molecular complexity index is 553. The first-order chi connectivity index (χ1) is 9.36. The second kappa shape index (κ2) is 5.24. The Balaban J connectivity index is 1.86. The molecule has 1 atom stereocenters. The Kier molecular flexibility index (Phi) is 3.29. The van der Waals surface area contributed by atoms with E-state index in [4.69, 9.17) is 4.74 Å². The normalized spacial score (nSPS) is 18.5. The lowest BCUT2D eigenvalue weighted by atomic mass is 10.1. The third-order valence-corrected chi connectivity index (χ3v) is 3.35. The van der Waals surface area contributed by atoms with Gasteiger partial charge < -0.3 is 9.64 Å². The summed E-state index contributed by atoms with van der Waals surface area (Å²) in [5.74, 6) is 0.0203. The summed E-state index contributed by atoms with van der Waals surface area (Å²) >= 11 is 0. The van der Waals surface area contributed by atoms with E-state index in [0.717, 1.165) is 5.56 Å². The van der Waals surface area contributed by atoms with Gasteiger partial charge in [-0.3, -0.25) is 4.79 Å². The summed E-state index contributed by atoms with van der Waals surface area (Å²) in [5.41, 5.74) is 1.82. The van der Waals surface area contributed by atoms with Crippen LogP contribution in [0.5, 0.6) is 0 Å². The number of carbonyl (C=O) groups excluding carboxylic acids is 1. The molecule has 1 aliphatic rings. The standard InChI is InChI=1S/C16H15NO2/c18-16(14-9-5-2-6-10-14)17-12-19-11-15(17)13-7-3-1-4-8-13/h1-10,15H,11-12H2. The molecule has 19 heavy (non-hydrogen) atoms. The van der Waals surface area contributed by atoms with Gasteiger partial charge in [-0.2, -0.15) is 0 Å². The van der Waals surface area contributed by atoms with Gasteiger partial charge in [0, 0.05) is 5.56 Å². The molecule has 0 radical (unpaired) electrons. The highest BCUT2D eigenvalue weighted by atomic mass is 16.5. The molecular weight excluding hydrogens is 238 g/mol. The molecule has 2 aromatic carbocycles. The van der Waals surface area contributed by atoms with Crippen LogP contribution in [-0.2, 0) is 4.74 Å². The van der Waals surface area contributed by atoms with Crippen LogP contribution in [0.2, 0.25) is 0 Å².